The molecular formula is C13H15ClN2S2. The molecule has 0 aliphatic rings. The van der Waals surface area contributed by atoms with Gasteiger partial charge in [-0.15, -0.1) is 23.1 Å². The minimum atomic E-state index is 0.598. The van der Waals surface area contributed by atoms with Gasteiger partial charge < -0.3 is 5.32 Å². The molecule has 0 bridgehead atoms. The molecule has 18 heavy (non-hydrogen) atoms. The summed E-state index contributed by atoms with van der Waals surface area (Å²) in [5.74, 6) is 1.14. The largest absolute Gasteiger partial charge is 0.379 e. The quantitative estimate of drug-likeness (QED) is 0.767. The Bertz CT molecular complexity index is 499. The number of aromatic nitrogens is 1. The fourth-order valence-electron chi connectivity index (χ4n) is 1.50. The molecule has 1 heterocycles. The molecule has 2 rings (SSSR count). The van der Waals surface area contributed by atoms with Crippen LogP contribution >= 0.6 is 34.7 Å². The molecule has 0 spiro atoms. The zero-order chi connectivity index (χ0) is 12.8. The molecule has 1 aromatic carbocycles. The van der Waals surface area contributed by atoms with E-state index in [4.69, 9.17) is 11.6 Å². The van der Waals surface area contributed by atoms with Crippen LogP contribution in [0.3, 0.4) is 0 Å². The topological polar surface area (TPSA) is 24.9 Å². The lowest BCUT2D eigenvalue weighted by Gasteiger charge is -2.10. The molecule has 1 N–H and O–H groups in total. The maximum absolute atomic E-state index is 5.82. The van der Waals surface area contributed by atoms with Gasteiger partial charge in [0.15, 0.2) is 4.47 Å². The number of halogens is 1. The Morgan fingerprint density at radius 3 is 2.94 bits per heavy atom. The van der Waals surface area contributed by atoms with Crippen LogP contribution in [0.2, 0.25) is 4.47 Å². The predicted molar refractivity (Wildman–Crippen MR) is 81.9 cm³/mol. The van der Waals surface area contributed by atoms with Crippen LogP contribution in [0.5, 0.6) is 0 Å². The predicted octanol–water partition coefficient (Wildman–Crippen LogP) is 4.91. The van der Waals surface area contributed by atoms with Gasteiger partial charge in [-0.25, -0.2) is 4.98 Å². The van der Waals surface area contributed by atoms with Crippen molar-refractivity contribution in [3.8, 4) is 0 Å². The van der Waals surface area contributed by atoms with Crippen LogP contribution in [-0.2, 0) is 6.54 Å². The van der Waals surface area contributed by atoms with Crippen LogP contribution < -0.4 is 5.32 Å². The number of rotatable bonds is 6. The molecule has 0 radical (unpaired) electrons. The smallest absolute Gasteiger partial charge is 0.183 e. The monoisotopic (exact) mass is 298 g/mol. The van der Waals surface area contributed by atoms with Gasteiger partial charge in [0, 0.05) is 21.7 Å². The average molecular weight is 299 g/mol. The summed E-state index contributed by atoms with van der Waals surface area (Å²) in [5, 5.41) is 3.44. The maximum atomic E-state index is 5.82. The molecule has 0 aliphatic carbocycles. The van der Waals surface area contributed by atoms with Crippen molar-refractivity contribution in [3.05, 3.63) is 39.8 Å². The van der Waals surface area contributed by atoms with Crippen molar-refractivity contribution in [1.29, 1.82) is 0 Å². The Balaban J connectivity index is 1.99. The standard InChI is InChI=1S/C13H15ClN2S2/c1-2-7-17-12-6-4-3-5-11(12)15-8-10-9-16-13(14)18-10/h3-6,9,15H,2,7-8H2,1H3. The summed E-state index contributed by atoms with van der Waals surface area (Å²) in [6.45, 7) is 2.97. The third-order valence-electron chi connectivity index (χ3n) is 2.33. The van der Waals surface area contributed by atoms with E-state index >= 15 is 0 Å². The van der Waals surface area contributed by atoms with E-state index in [-0.39, 0.29) is 0 Å². The number of anilines is 1. The Morgan fingerprint density at radius 2 is 2.22 bits per heavy atom. The highest BCUT2D eigenvalue weighted by Crippen LogP contribution is 2.28. The van der Waals surface area contributed by atoms with Crippen molar-refractivity contribution in [3.63, 3.8) is 0 Å². The Kier molecular flexibility index (Phi) is 5.35. The van der Waals surface area contributed by atoms with Crippen molar-refractivity contribution in [2.24, 2.45) is 0 Å². The lowest BCUT2D eigenvalue weighted by atomic mass is 10.3. The summed E-state index contributed by atoms with van der Waals surface area (Å²) in [6, 6.07) is 8.40. The highest BCUT2D eigenvalue weighted by molar-refractivity contribution is 7.99. The molecule has 0 saturated carbocycles. The third-order valence-corrected chi connectivity index (χ3v) is 4.72. The molecule has 0 atom stereocenters. The lowest BCUT2D eigenvalue weighted by molar-refractivity contribution is 1.10. The molecule has 0 unspecified atom stereocenters. The minimum absolute atomic E-state index is 0.598. The fourth-order valence-corrected chi connectivity index (χ4v) is 3.31. The second kappa shape index (κ2) is 7.02. The molecule has 0 saturated heterocycles. The van der Waals surface area contributed by atoms with Gasteiger partial charge >= 0.3 is 0 Å². The first-order valence-electron chi connectivity index (χ1n) is 5.85. The molecule has 1 aromatic heterocycles. The molecule has 0 amide bonds. The van der Waals surface area contributed by atoms with Gasteiger partial charge in [0.2, 0.25) is 0 Å². The van der Waals surface area contributed by atoms with Crippen molar-refractivity contribution in [1.82, 2.24) is 4.98 Å². The van der Waals surface area contributed by atoms with Crippen LogP contribution in [0.4, 0.5) is 5.69 Å². The number of hydrogen-bond acceptors (Lipinski definition) is 4. The SMILES string of the molecule is CCCSc1ccccc1NCc1cnc(Cl)s1. The van der Waals surface area contributed by atoms with Gasteiger partial charge in [-0.05, 0) is 24.3 Å². The van der Waals surface area contributed by atoms with Gasteiger partial charge in [-0.2, -0.15) is 0 Å². The first kappa shape index (κ1) is 13.7. The van der Waals surface area contributed by atoms with Gasteiger partial charge in [0.25, 0.3) is 0 Å². The Morgan fingerprint density at radius 1 is 1.39 bits per heavy atom. The van der Waals surface area contributed by atoms with Crippen molar-refractivity contribution < 1.29 is 0 Å². The normalized spacial score (nSPS) is 10.6. The number of para-hydroxylation sites is 1. The van der Waals surface area contributed by atoms with E-state index in [9.17, 15) is 0 Å². The summed E-state index contributed by atoms with van der Waals surface area (Å²) < 4.78 is 0.598. The van der Waals surface area contributed by atoms with Crippen molar-refractivity contribution >= 4 is 40.4 Å². The molecular weight excluding hydrogens is 284 g/mol. The number of benzene rings is 1. The molecule has 2 aromatic rings. The van der Waals surface area contributed by atoms with E-state index in [1.54, 1.807) is 0 Å². The van der Waals surface area contributed by atoms with E-state index in [0.717, 1.165) is 17.2 Å². The maximum Gasteiger partial charge on any atom is 0.183 e. The number of thioether (sulfide) groups is 1. The summed E-state index contributed by atoms with van der Waals surface area (Å²) in [4.78, 5) is 6.49. The van der Waals surface area contributed by atoms with E-state index in [1.165, 1.54) is 28.3 Å². The highest BCUT2D eigenvalue weighted by atomic mass is 35.5. The molecule has 5 heteroatoms. The van der Waals surface area contributed by atoms with Crippen LogP contribution in [0.15, 0.2) is 35.4 Å². The molecule has 96 valence electrons. The summed E-state index contributed by atoms with van der Waals surface area (Å²) >= 11 is 9.22. The average Bonchev–Trinajstić information content (AvgIpc) is 2.81. The lowest BCUT2D eigenvalue weighted by Crippen LogP contribution is -1.98. The zero-order valence-corrected chi connectivity index (χ0v) is 12.5. The van der Waals surface area contributed by atoms with Gasteiger partial charge in [-0.1, -0.05) is 30.7 Å². The second-order valence-electron chi connectivity index (χ2n) is 3.78. The van der Waals surface area contributed by atoms with Crippen molar-refractivity contribution in [2.45, 2.75) is 24.8 Å². The number of thiazole rings is 1. The van der Waals surface area contributed by atoms with Crippen molar-refractivity contribution in [2.75, 3.05) is 11.1 Å². The Labute approximate surface area is 121 Å². The summed E-state index contributed by atoms with van der Waals surface area (Å²) in [6.07, 6.45) is 3.01. The van der Waals surface area contributed by atoms with Crippen LogP contribution in [0.1, 0.15) is 18.2 Å². The van der Waals surface area contributed by atoms with E-state index in [2.05, 4.69) is 41.5 Å². The van der Waals surface area contributed by atoms with Gasteiger partial charge in [0.1, 0.15) is 0 Å². The highest BCUT2D eigenvalue weighted by Gasteiger charge is 2.03. The van der Waals surface area contributed by atoms with Gasteiger partial charge in [-0.3, -0.25) is 0 Å². The minimum Gasteiger partial charge on any atom is -0.379 e. The first-order valence-corrected chi connectivity index (χ1v) is 8.03. The number of nitrogens with one attached hydrogen (secondary N) is 1. The molecule has 0 aliphatic heterocycles. The van der Waals surface area contributed by atoms with E-state index < -0.39 is 0 Å². The number of nitrogens with zero attached hydrogens (tertiary/aromatic N) is 1. The summed E-state index contributed by atoms with van der Waals surface area (Å²) in [5.41, 5.74) is 1.18. The zero-order valence-electron chi connectivity index (χ0n) is 10.1. The van der Waals surface area contributed by atoms with Crippen LogP contribution in [0.25, 0.3) is 0 Å². The van der Waals surface area contributed by atoms with E-state index in [0.29, 0.717) is 4.47 Å². The fraction of sp³-hybridized carbons (Fsp3) is 0.308. The van der Waals surface area contributed by atoms with Crippen LogP contribution in [0, 0.1) is 0 Å². The molecule has 0 fully saturated rings. The third kappa shape index (κ3) is 3.90. The number of hydrogen-bond donors (Lipinski definition) is 1. The summed E-state index contributed by atoms with van der Waals surface area (Å²) in [7, 11) is 0. The molecule has 2 nitrogen and oxygen atoms in total. The van der Waals surface area contributed by atoms with Crippen LogP contribution in [-0.4, -0.2) is 10.7 Å². The second-order valence-corrected chi connectivity index (χ2v) is 6.61. The first-order chi connectivity index (χ1) is 8.79. The van der Waals surface area contributed by atoms with Gasteiger partial charge in [0.05, 0.1) is 6.54 Å². The Hall–Kier alpha value is -0.710. The van der Waals surface area contributed by atoms with E-state index in [1.807, 2.05) is 18.0 Å².